The predicted molar refractivity (Wildman–Crippen MR) is 184 cm³/mol. The van der Waals surface area contributed by atoms with Crippen molar-refractivity contribution in [3.8, 4) is 22.3 Å². The molecular formula is C36H26S4. The van der Waals surface area contributed by atoms with Crippen LogP contribution in [0.15, 0.2) is 97.1 Å². The number of aryl methyl sites for hydroxylation is 2. The first kappa shape index (κ1) is 25.4. The molecule has 194 valence electrons. The van der Waals surface area contributed by atoms with Crippen LogP contribution in [0.5, 0.6) is 0 Å². The molecule has 7 rings (SSSR count). The smallest absolute Gasteiger partial charge is 0.0459 e. The van der Waals surface area contributed by atoms with Crippen LogP contribution in [0.4, 0.5) is 0 Å². The van der Waals surface area contributed by atoms with Gasteiger partial charge in [0.15, 0.2) is 0 Å². The van der Waals surface area contributed by atoms with Crippen LogP contribution in [0.2, 0.25) is 0 Å². The number of benzene rings is 3. The second kappa shape index (κ2) is 10.8. The van der Waals surface area contributed by atoms with Crippen molar-refractivity contribution in [3.63, 3.8) is 0 Å². The van der Waals surface area contributed by atoms with Gasteiger partial charge in [0.2, 0.25) is 0 Å². The van der Waals surface area contributed by atoms with Gasteiger partial charge in [0.1, 0.15) is 0 Å². The maximum Gasteiger partial charge on any atom is 0.0459 e. The lowest BCUT2D eigenvalue weighted by Gasteiger charge is -2.14. The first-order chi connectivity index (χ1) is 19.6. The summed E-state index contributed by atoms with van der Waals surface area (Å²) >= 11 is 7.48. The molecule has 7 aromatic rings. The highest BCUT2D eigenvalue weighted by molar-refractivity contribution is 7.28. The molecule has 0 unspecified atom stereocenters. The molecule has 0 saturated heterocycles. The van der Waals surface area contributed by atoms with E-state index in [1.54, 1.807) is 0 Å². The highest BCUT2D eigenvalue weighted by atomic mass is 32.1. The molecule has 0 saturated carbocycles. The lowest BCUT2D eigenvalue weighted by atomic mass is 9.90. The Morgan fingerprint density at radius 3 is 1.23 bits per heavy atom. The Balaban J connectivity index is 1.36. The van der Waals surface area contributed by atoms with Crippen molar-refractivity contribution in [2.75, 3.05) is 0 Å². The lowest BCUT2D eigenvalue weighted by Crippen LogP contribution is -1.90. The SMILES string of the molecule is Cc1cc2sc(/C=C/c3cc(-c4ccccc4)c(/C=C/c4cc5sc(C)cc5s4)cc3-c3ccccc3)cc2s1. The molecule has 4 heteroatoms. The molecule has 0 amide bonds. The number of fused-ring (bicyclic) bond motifs is 2. The van der Waals surface area contributed by atoms with E-state index in [2.05, 4.69) is 135 Å². The molecule has 3 aromatic carbocycles. The van der Waals surface area contributed by atoms with Crippen LogP contribution in [0.1, 0.15) is 30.6 Å². The second-order valence-corrected chi connectivity index (χ2v) is 14.7. The zero-order valence-electron chi connectivity index (χ0n) is 22.2. The van der Waals surface area contributed by atoms with Crippen LogP contribution in [0, 0.1) is 13.8 Å². The van der Waals surface area contributed by atoms with Crippen LogP contribution >= 0.6 is 45.3 Å². The molecule has 0 radical (unpaired) electrons. The Labute approximate surface area is 250 Å². The number of thiophene rings is 4. The lowest BCUT2D eigenvalue weighted by molar-refractivity contribution is 1.55. The van der Waals surface area contributed by atoms with Crippen LogP contribution in [-0.4, -0.2) is 0 Å². The summed E-state index contributed by atoms with van der Waals surface area (Å²) in [6.07, 6.45) is 9.14. The zero-order chi connectivity index (χ0) is 27.1. The van der Waals surface area contributed by atoms with E-state index in [1.807, 2.05) is 45.3 Å². The maximum atomic E-state index is 2.37. The van der Waals surface area contributed by atoms with E-state index in [4.69, 9.17) is 0 Å². The van der Waals surface area contributed by atoms with Gasteiger partial charge in [0.05, 0.1) is 0 Å². The fraction of sp³-hybridized carbons (Fsp3) is 0.0556. The van der Waals surface area contributed by atoms with Crippen LogP contribution in [0.25, 0.3) is 65.4 Å². The second-order valence-electron chi connectivity index (χ2n) is 9.89. The van der Waals surface area contributed by atoms with Crippen molar-refractivity contribution in [2.24, 2.45) is 0 Å². The molecular weight excluding hydrogens is 561 g/mol. The summed E-state index contributed by atoms with van der Waals surface area (Å²) in [5.74, 6) is 0. The van der Waals surface area contributed by atoms with Gasteiger partial charge in [-0.25, -0.2) is 0 Å². The van der Waals surface area contributed by atoms with Gasteiger partial charge < -0.3 is 0 Å². The molecule has 0 nitrogen and oxygen atoms in total. The molecule has 0 aliphatic rings. The largest absolute Gasteiger partial charge is 0.140 e. The molecule has 0 aliphatic heterocycles. The predicted octanol–water partition coefficient (Wildman–Crippen LogP) is 12.5. The van der Waals surface area contributed by atoms with E-state index < -0.39 is 0 Å². The van der Waals surface area contributed by atoms with E-state index in [9.17, 15) is 0 Å². The van der Waals surface area contributed by atoms with Crippen molar-refractivity contribution in [1.82, 2.24) is 0 Å². The van der Waals surface area contributed by atoms with Gasteiger partial charge in [-0.3, -0.25) is 0 Å². The van der Waals surface area contributed by atoms with E-state index in [-0.39, 0.29) is 0 Å². The Morgan fingerprint density at radius 1 is 0.425 bits per heavy atom. The zero-order valence-corrected chi connectivity index (χ0v) is 25.4. The van der Waals surface area contributed by atoms with E-state index in [1.165, 1.54) is 71.7 Å². The minimum atomic E-state index is 1.22. The van der Waals surface area contributed by atoms with E-state index >= 15 is 0 Å². The fourth-order valence-corrected chi connectivity index (χ4v) is 9.56. The van der Waals surface area contributed by atoms with Gasteiger partial charge in [-0.2, -0.15) is 0 Å². The monoisotopic (exact) mass is 586 g/mol. The molecule has 0 spiro atoms. The minimum absolute atomic E-state index is 1.22. The van der Waals surface area contributed by atoms with Crippen LogP contribution < -0.4 is 0 Å². The van der Waals surface area contributed by atoms with Crippen molar-refractivity contribution < 1.29 is 0 Å². The highest BCUT2D eigenvalue weighted by Crippen LogP contribution is 2.38. The Morgan fingerprint density at radius 2 is 0.825 bits per heavy atom. The molecule has 0 aliphatic carbocycles. The van der Waals surface area contributed by atoms with E-state index in [0.717, 1.165) is 0 Å². The maximum absolute atomic E-state index is 2.37. The van der Waals surface area contributed by atoms with Gasteiger partial charge in [-0.15, -0.1) is 45.3 Å². The summed E-state index contributed by atoms with van der Waals surface area (Å²) in [7, 11) is 0. The van der Waals surface area contributed by atoms with Crippen LogP contribution in [0.3, 0.4) is 0 Å². The normalized spacial score (nSPS) is 12.1. The fourth-order valence-electron chi connectivity index (χ4n) is 5.10. The Hall–Kier alpha value is -3.54. The van der Waals surface area contributed by atoms with Crippen molar-refractivity contribution in [2.45, 2.75) is 13.8 Å². The third-order valence-electron chi connectivity index (χ3n) is 6.94. The Bertz CT molecular complexity index is 1800. The van der Waals surface area contributed by atoms with Crippen molar-refractivity contribution in [1.29, 1.82) is 0 Å². The highest BCUT2D eigenvalue weighted by Gasteiger charge is 2.12. The van der Waals surface area contributed by atoms with Gasteiger partial charge in [0.25, 0.3) is 0 Å². The third kappa shape index (κ3) is 5.16. The Kier molecular flexibility index (Phi) is 6.86. The average Bonchev–Trinajstić information content (AvgIpc) is 3.71. The van der Waals surface area contributed by atoms with Gasteiger partial charge in [-0.1, -0.05) is 72.8 Å². The topological polar surface area (TPSA) is 0 Å². The van der Waals surface area contributed by atoms with Crippen molar-refractivity contribution in [3.05, 3.63) is 128 Å². The quantitative estimate of drug-likeness (QED) is 0.182. The summed E-state index contributed by atoms with van der Waals surface area (Å²) in [5.41, 5.74) is 7.39. The molecule has 40 heavy (non-hydrogen) atoms. The van der Waals surface area contributed by atoms with E-state index in [0.29, 0.717) is 0 Å². The first-order valence-electron chi connectivity index (χ1n) is 13.2. The van der Waals surface area contributed by atoms with Gasteiger partial charge >= 0.3 is 0 Å². The first-order valence-corrected chi connectivity index (χ1v) is 16.5. The number of rotatable bonds is 6. The minimum Gasteiger partial charge on any atom is -0.140 e. The molecule has 0 bridgehead atoms. The van der Waals surface area contributed by atoms with Gasteiger partial charge in [0, 0.05) is 38.3 Å². The summed E-state index contributed by atoms with van der Waals surface area (Å²) in [5, 5.41) is 0. The summed E-state index contributed by atoms with van der Waals surface area (Å²) in [4.78, 5) is 5.32. The van der Waals surface area contributed by atoms with Crippen molar-refractivity contribution >= 4 is 88.5 Å². The number of hydrogen-bond acceptors (Lipinski definition) is 4. The average molecular weight is 587 g/mol. The molecule has 4 aromatic heterocycles. The van der Waals surface area contributed by atoms with Crippen LogP contribution in [-0.2, 0) is 0 Å². The summed E-state index contributed by atoms with van der Waals surface area (Å²) in [6, 6.07) is 35.5. The molecule has 4 heterocycles. The molecule has 0 atom stereocenters. The molecule has 0 fully saturated rings. The molecule has 0 N–H and O–H groups in total. The third-order valence-corrected chi connectivity index (χ3v) is 11.3. The number of hydrogen-bond donors (Lipinski definition) is 0. The standard InChI is InChI=1S/C36H26S4/c1-23-17-33-35(37-23)21-29(39-33)15-13-27-19-32(26-11-7-4-8-12-26)28(20-31(27)25-9-5-3-6-10-25)14-16-30-22-36-34(40-30)18-24(2)38-36/h3-22H,1-2H3/b15-13+,16-14+. The summed E-state index contributed by atoms with van der Waals surface area (Å²) < 4.78 is 5.50. The van der Waals surface area contributed by atoms with Gasteiger partial charge in [-0.05, 0) is 95.8 Å². The summed E-state index contributed by atoms with van der Waals surface area (Å²) in [6.45, 7) is 4.37.